The molecule has 2 N–H and O–H groups in total. The molecular formula is C19H36IN5O2. The molecule has 156 valence electrons. The molecule has 3 rings (SSSR count). The molecule has 0 aromatic carbocycles. The Bertz CT molecular complexity index is 471. The summed E-state index contributed by atoms with van der Waals surface area (Å²) in [6, 6.07) is 0. The number of amides is 1. The number of piperazine rings is 1. The number of rotatable bonds is 6. The highest BCUT2D eigenvalue weighted by atomic mass is 127. The molecule has 1 aliphatic carbocycles. The maximum absolute atomic E-state index is 12.5. The Hall–Kier alpha value is -0.610. The van der Waals surface area contributed by atoms with Gasteiger partial charge in [-0.25, -0.2) is 0 Å². The fourth-order valence-corrected chi connectivity index (χ4v) is 4.19. The molecule has 0 aromatic heterocycles. The van der Waals surface area contributed by atoms with E-state index in [9.17, 15) is 4.79 Å². The minimum absolute atomic E-state index is 0. The zero-order valence-electron chi connectivity index (χ0n) is 16.6. The Morgan fingerprint density at radius 3 is 2.44 bits per heavy atom. The summed E-state index contributed by atoms with van der Waals surface area (Å²) in [6.07, 6.45) is 7.26. The Labute approximate surface area is 180 Å². The second-order valence-corrected chi connectivity index (χ2v) is 7.66. The molecular weight excluding hydrogens is 457 g/mol. The minimum Gasteiger partial charge on any atom is -0.376 e. The largest absolute Gasteiger partial charge is 0.376 e. The van der Waals surface area contributed by atoms with Crippen LogP contribution < -0.4 is 10.6 Å². The summed E-state index contributed by atoms with van der Waals surface area (Å²) in [4.78, 5) is 21.3. The number of hydrogen-bond donors (Lipinski definition) is 2. The van der Waals surface area contributed by atoms with Crippen molar-refractivity contribution in [3.8, 4) is 0 Å². The lowest BCUT2D eigenvalue weighted by Gasteiger charge is -2.36. The number of ether oxygens (including phenoxy) is 1. The zero-order valence-corrected chi connectivity index (χ0v) is 19.0. The highest BCUT2D eigenvalue weighted by Gasteiger charge is 2.29. The minimum atomic E-state index is 0. The summed E-state index contributed by atoms with van der Waals surface area (Å²) < 4.78 is 5.63. The van der Waals surface area contributed by atoms with Gasteiger partial charge in [-0.2, -0.15) is 0 Å². The third-order valence-corrected chi connectivity index (χ3v) is 5.85. The van der Waals surface area contributed by atoms with Crippen LogP contribution in [-0.4, -0.2) is 87.2 Å². The number of aliphatic imine (C=N–C) groups is 1. The van der Waals surface area contributed by atoms with Gasteiger partial charge in [0.15, 0.2) is 5.96 Å². The van der Waals surface area contributed by atoms with Gasteiger partial charge in [0.1, 0.15) is 0 Å². The third-order valence-electron chi connectivity index (χ3n) is 5.85. The molecule has 2 saturated heterocycles. The highest BCUT2D eigenvalue weighted by Crippen LogP contribution is 2.26. The van der Waals surface area contributed by atoms with Gasteiger partial charge in [-0.1, -0.05) is 12.8 Å². The van der Waals surface area contributed by atoms with Crippen molar-refractivity contribution in [1.29, 1.82) is 0 Å². The fourth-order valence-electron chi connectivity index (χ4n) is 4.19. The van der Waals surface area contributed by atoms with E-state index < -0.39 is 0 Å². The molecule has 1 unspecified atom stereocenters. The van der Waals surface area contributed by atoms with Gasteiger partial charge in [-0.3, -0.25) is 14.7 Å². The zero-order chi connectivity index (χ0) is 18.2. The molecule has 1 atom stereocenters. The van der Waals surface area contributed by atoms with Crippen molar-refractivity contribution in [2.75, 3.05) is 59.5 Å². The predicted molar refractivity (Wildman–Crippen MR) is 119 cm³/mol. The average Bonchev–Trinajstić information content (AvgIpc) is 3.38. The van der Waals surface area contributed by atoms with Gasteiger partial charge in [0, 0.05) is 65.4 Å². The number of hydrogen-bond acceptors (Lipinski definition) is 4. The summed E-state index contributed by atoms with van der Waals surface area (Å²) in [5.41, 5.74) is 0. The standard InChI is InChI=1S/C19H35N5O2.HI/c1-20-19(22-15-17-7-4-14-26-17)21-8-9-23-10-12-24(13-11-23)18(25)16-5-2-3-6-16;/h16-17H,2-15H2,1H3,(H2,20,21,22);1H. The normalized spacial score (nSPS) is 24.7. The summed E-state index contributed by atoms with van der Waals surface area (Å²) >= 11 is 0. The molecule has 27 heavy (non-hydrogen) atoms. The van der Waals surface area contributed by atoms with Crippen LogP contribution in [0.15, 0.2) is 4.99 Å². The van der Waals surface area contributed by atoms with Crippen molar-refractivity contribution in [2.24, 2.45) is 10.9 Å². The Kier molecular flexibility index (Phi) is 10.1. The summed E-state index contributed by atoms with van der Waals surface area (Å²) in [6.45, 7) is 7.25. The first-order chi connectivity index (χ1) is 12.8. The maximum Gasteiger partial charge on any atom is 0.225 e. The first kappa shape index (κ1) is 22.7. The van der Waals surface area contributed by atoms with Crippen molar-refractivity contribution in [1.82, 2.24) is 20.4 Å². The lowest BCUT2D eigenvalue weighted by molar-refractivity contribution is -0.137. The van der Waals surface area contributed by atoms with Gasteiger partial charge < -0.3 is 20.3 Å². The van der Waals surface area contributed by atoms with Crippen LogP contribution in [0.4, 0.5) is 0 Å². The van der Waals surface area contributed by atoms with E-state index in [0.29, 0.717) is 17.9 Å². The lowest BCUT2D eigenvalue weighted by atomic mass is 10.1. The van der Waals surface area contributed by atoms with Crippen molar-refractivity contribution >= 4 is 35.8 Å². The molecule has 0 bridgehead atoms. The third kappa shape index (κ3) is 7.05. The van der Waals surface area contributed by atoms with Crippen LogP contribution in [0.5, 0.6) is 0 Å². The van der Waals surface area contributed by atoms with Crippen LogP contribution in [0, 0.1) is 5.92 Å². The van der Waals surface area contributed by atoms with Crippen LogP contribution in [0.1, 0.15) is 38.5 Å². The molecule has 0 radical (unpaired) electrons. The van der Waals surface area contributed by atoms with Crippen molar-refractivity contribution in [3.05, 3.63) is 0 Å². The number of halogens is 1. The van der Waals surface area contributed by atoms with Crippen LogP contribution in [0.2, 0.25) is 0 Å². The monoisotopic (exact) mass is 493 g/mol. The molecule has 0 spiro atoms. The number of nitrogens with zero attached hydrogens (tertiary/aromatic N) is 3. The molecule has 1 amide bonds. The number of carbonyl (C=O) groups is 1. The number of carbonyl (C=O) groups excluding carboxylic acids is 1. The topological polar surface area (TPSA) is 69.2 Å². The number of nitrogens with one attached hydrogen (secondary N) is 2. The average molecular weight is 493 g/mol. The van der Waals surface area contributed by atoms with Gasteiger partial charge in [0.2, 0.25) is 5.91 Å². The maximum atomic E-state index is 12.5. The molecule has 2 heterocycles. The SMILES string of the molecule is CN=C(NCCN1CCN(C(=O)C2CCCC2)CC1)NCC1CCCO1.I. The second-order valence-electron chi connectivity index (χ2n) is 7.66. The Balaban J connectivity index is 0.00000261. The highest BCUT2D eigenvalue weighted by molar-refractivity contribution is 14.0. The molecule has 7 nitrogen and oxygen atoms in total. The van der Waals surface area contributed by atoms with E-state index in [-0.39, 0.29) is 24.0 Å². The van der Waals surface area contributed by atoms with E-state index in [2.05, 4.69) is 25.4 Å². The first-order valence-electron chi connectivity index (χ1n) is 10.3. The summed E-state index contributed by atoms with van der Waals surface area (Å²) in [7, 11) is 1.80. The lowest BCUT2D eigenvalue weighted by Crippen LogP contribution is -2.52. The van der Waals surface area contributed by atoms with Crippen molar-refractivity contribution < 1.29 is 9.53 Å². The molecule has 3 fully saturated rings. The summed E-state index contributed by atoms with van der Waals surface area (Å²) in [5.74, 6) is 1.55. The van der Waals surface area contributed by atoms with Gasteiger partial charge in [-0.05, 0) is 25.7 Å². The fraction of sp³-hybridized carbons (Fsp3) is 0.895. The molecule has 0 aromatic rings. The number of guanidine groups is 1. The van der Waals surface area contributed by atoms with Crippen LogP contribution in [-0.2, 0) is 9.53 Å². The predicted octanol–water partition coefficient (Wildman–Crippen LogP) is 1.28. The van der Waals surface area contributed by atoms with Gasteiger partial charge >= 0.3 is 0 Å². The Morgan fingerprint density at radius 1 is 1.07 bits per heavy atom. The Morgan fingerprint density at radius 2 is 1.81 bits per heavy atom. The van der Waals surface area contributed by atoms with Gasteiger partial charge in [0.25, 0.3) is 0 Å². The van der Waals surface area contributed by atoms with E-state index in [1.54, 1.807) is 7.05 Å². The van der Waals surface area contributed by atoms with Gasteiger partial charge in [-0.15, -0.1) is 24.0 Å². The van der Waals surface area contributed by atoms with Crippen LogP contribution >= 0.6 is 24.0 Å². The smallest absolute Gasteiger partial charge is 0.225 e. The molecule has 1 saturated carbocycles. The van der Waals surface area contributed by atoms with E-state index in [1.165, 1.54) is 12.8 Å². The van der Waals surface area contributed by atoms with E-state index in [0.717, 1.165) is 84.1 Å². The first-order valence-corrected chi connectivity index (χ1v) is 10.3. The van der Waals surface area contributed by atoms with E-state index in [4.69, 9.17) is 4.74 Å². The second kappa shape index (κ2) is 12.1. The van der Waals surface area contributed by atoms with E-state index in [1.807, 2.05) is 0 Å². The van der Waals surface area contributed by atoms with Gasteiger partial charge in [0.05, 0.1) is 6.10 Å². The van der Waals surface area contributed by atoms with E-state index >= 15 is 0 Å². The van der Waals surface area contributed by atoms with Crippen molar-refractivity contribution in [2.45, 2.75) is 44.6 Å². The van der Waals surface area contributed by atoms with Crippen molar-refractivity contribution in [3.63, 3.8) is 0 Å². The van der Waals surface area contributed by atoms with Crippen LogP contribution in [0.25, 0.3) is 0 Å². The summed E-state index contributed by atoms with van der Waals surface area (Å²) in [5, 5.41) is 6.73. The van der Waals surface area contributed by atoms with Crippen LogP contribution in [0.3, 0.4) is 0 Å². The molecule has 2 aliphatic heterocycles. The molecule has 3 aliphatic rings. The quantitative estimate of drug-likeness (QED) is 0.332. The molecule has 8 heteroatoms.